The van der Waals surface area contributed by atoms with Crippen LogP contribution in [0.1, 0.15) is 21.5 Å². The highest BCUT2D eigenvalue weighted by molar-refractivity contribution is 5.99. The average Bonchev–Trinajstić information content (AvgIpc) is 2.71. The molecule has 1 aliphatic rings. The summed E-state index contributed by atoms with van der Waals surface area (Å²) in [6.07, 6.45) is 0. The second kappa shape index (κ2) is 4.59. The van der Waals surface area contributed by atoms with Crippen LogP contribution in [-0.2, 0) is 13.1 Å². The van der Waals surface area contributed by atoms with E-state index in [1.807, 2.05) is 0 Å². The van der Waals surface area contributed by atoms with Crippen molar-refractivity contribution >= 4 is 11.6 Å². The Balaban J connectivity index is 1.88. The molecule has 0 saturated heterocycles. The number of fused-ring (bicyclic) bond motifs is 1. The van der Waals surface area contributed by atoms with Crippen molar-refractivity contribution in [1.29, 1.82) is 0 Å². The van der Waals surface area contributed by atoms with Gasteiger partial charge >= 0.3 is 0 Å². The van der Waals surface area contributed by atoms with E-state index in [-0.39, 0.29) is 18.0 Å². The molecule has 1 aliphatic heterocycles. The van der Waals surface area contributed by atoms with E-state index >= 15 is 0 Å². The van der Waals surface area contributed by atoms with Crippen LogP contribution in [0.25, 0.3) is 0 Å². The zero-order valence-corrected chi connectivity index (χ0v) is 10.6. The molecule has 102 valence electrons. The van der Waals surface area contributed by atoms with E-state index in [1.165, 1.54) is 4.90 Å². The SMILES string of the molecule is Nc1ccc2c(c1)C(=O)N(Cc1cc(F)ccc1F)C2. The maximum Gasteiger partial charge on any atom is 0.254 e. The molecule has 3 nitrogen and oxygen atoms in total. The molecule has 20 heavy (non-hydrogen) atoms. The summed E-state index contributed by atoms with van der Waals surface area (Å²) in [6.45, 7) is 0.418. The van der Waals surface area contributed by atoms with Crippen molar-refractivity contribution in [1.82, 2.24) is 4.90 Å². The molecule has 5 heteroatoms. The highest BCUT2D eigenvalue weighted by atomic mass is 19.1. The number of hydrogen-bond acceptors (Lipinski definition) is 2. The molecule has 0 fully saturated rings. The molecule has 1 amide bonds. The second-order valence-electron chi connectivity index (χ2n) is 4.81. The summed E-state index contributed by atoms with van der Waals surface area (Å²) in [5, 5.41) is 0. The Morgan fingerprint density at radius 2 is 1.95 bits per heavy atom. The lowest BCUT2D eigenvalue weighted by molar-refractivity contribution is 0.0765. The lowest BCUT2D eigenvalue weighted by atomic mass is 10.1. The maximum atomic E-state index is 13.6. The molecule has 0 radical (unpaired) electrons. The van der Waals surface area contributed by atoms with Gasteiger partial charge in [-0.15, -0.1) is 0 Å². The van der Waals surface area contributed by atoms with E-state index in [1.54, 1.807) is 18.2 Å². The van der Waals surface area contributed by atoms with E-state index in [4.69, 9.17) is 5.73 Å². The molecule has 2 N–H and O–H groups in total. The summed E-state index contributed by atoms with van der Waals surface area (Å²) in [5.74, 6) is -1.25. The van der Waals surface area contributed by atoms with Crippen molar-refractivity contribution in [2.75, 3.05) is 5.73 Å². The van der Waals surface area contributed by atoms with Crippen LogP contribution < -0.4 is 5.73 Å². The van der Waals surface area contributed by atoms with Gasteiger partial charge in [0.2, 0.25) is 0 Å². The first-order valence-electron chi connectivity index (χ1n) is 6.16. The molecule has 3 rings (SSSR count). The lowest BCUT2D eigenvalue weighted by Crippen LogP contribution is -2.23. The number of anilines is 1. The zero-order chi connectivity index (χ0) is 14.3. The number of nitrogens with two attached hydrogens (primary N) is 1. The molecule has 0 aliphatic carbocycles. The highest BCUT2D eigenvalue weighted by Crippen LogP contribution is 2.26. The van der Waals surface area contributed by atoms with Gasteiger partial charge in [-0.05, 0) is 35.9 Å². The van der Waals surface area contributed by atoms with Gasteiger partial charge in [0, 0.05) is 29.9 Å². The third kappa shape index (κ3) is 2.11. The van der Waals surface area contributed by atoms with Gasteiger partial charge in [-0.1, -0.05) is 6.07 Å². The van der Waals surface area contributed by atoms with Gasteiger partial charge in [0.1, 0.15) is 11.6 Å². The molecule has 0 unspecified atom stereocenters. The van der Waals surface area contributed by atoms with Gasteiger partial charge in [-0.25, -0.2) is 8.78 Å². The van der Waals surface area contributed by atoms with Crippen LogP contribution in [-0.4, -0.2) is 10.8 Å². The minimum absolute atomic E-state index is 0.0387. The molecule has 0 atom stereocenters. The number of carbonyl (C=O) groups is 1. The number of halogens is 2. The van der Waals surface area contributed by atoms with E-state index in [0.29, 0.717) is 17.8 Å². The third-order valence-corrected chi connectivity index (χ3v) is 3.38. The van der Waals surface area contributed by atoms with Crippen LogP contribution in [0.15, 0.2) is 36.4 Å². The molecule has 2 aromatic carbocycles. The summed E-state index contributed by atoms with van der Waals surface area (Å²) in [5.41, 5.74) is 7.71. The lowest BCUT2D eigenvalue weighted by Gasteiger charge is -2.16. The first-order chi connectivity index (χ1) is 9.54. The Labute approximate surface area is 114 Å². The first-order valence-corrected chi connectivity index (χ1v) is 6.16. The molecular weight excluding hydrogens is 262 g/mol. The van der Waals surface area contributed by atoms with E-state index in [0.717, 1.165) is 23.8 Å². The molecular formula is C15H12F2N2O. The summed E-state index contributed by atoms with van der Waals surface area (Å²) >= 11 is 0. The summed E-state index contributed by atoms with van der Waals surface area (Å²) in [6, 6.07) is 8.35. The number of hydrogen-bond donors (Lipinski definition) is 1. The summed E-state index contributed by atoms with van der Waals surface area (Å²) < 4.78 is 26.8. The van der Waals surface area contributed by atoms with E-state index in [9.17, 15) is 13.6 Å². The number of nitrogen functional groups attached to an aromatic ring is 1. The quantitative estimate of drug-likeness (QED) is 0.856. The first kappa shape index (κ1) is 12.6. The number of carbonyl (C=O) groups excluding carboxylic acids is 1. The Bertz CT molecular complexity index is 700. The Morgan fingerprint density at radius 3 is 2.75 bits per heavy atom. The molecule has 0 saturated carbocycles. The maximum absolute atomic E-state index is 13.6. The topological polar surface area (TPSA) is 46.3 Å². The van der Waals surface area contributed by atoms with E-state index in [2.05, 4.69) is 0 Å². The molecule has 0 bridgehead atoms. The number of nitrogens with zero attached hydrogens (tertiary/aromatic N) is 1. The number of amides is 1. The van der Waals surface area contributed by atoms with Gasteiger partial charge in [0.15, 0.2) is 0 Å². The Kier molecular flexibility index (Phi) is 2.89. The Morgan fingerprint density at radius 1 is 1.15 bits per heavy atom. The van der Waals surface area contributed by atoms with Gasteiger partial charge in [0.05, 0.1) is 0 Å². The van der Waals surface area contributed by atoms with Crippen LogP contribution >= 0.6 is 0 Å². The largest absolute Gasteiger partial charge is 0.399 e. The highest BCUT2D eigenvalue weighted by Gasteiger charge is 2.28. The molecule has 1 heterocycles. The fourth-order valence-electron chi connectivity index (χ4n) is 2.38. The summed E-state index contributed by atoms with van der Waals surface area (Å²) in [7, 11) is 0. The predicted octanol–water partition coefficient (Wildman–Crippen LogP) is 2.70. The summed E-state index contributed by atoms with van der Waals surface area (Å²) in [4.78, 5) is 13.7. The molecule has 0 spiro atoms. The second-order valence-corrected chi connectivity index (χ2v) is 4.81. The minimum Gasteiger partial charge on any atom is -0.399 e. The predicted molar refractivity (Wildman–Crippen MR) is 70.8 cm³/mol. The van der Waals surface area contributed by atoms with Crippen molar-refractivity contribution < 1.29 is 13.6 Å². The average molecular weight is 274 g/mol. The van der Waals surface area contributed by atoms with Crippen LogP contribution in [0.5, 0.6) is 0 Å². The van der Waals surface area contributed by atoms with Crippen LogP contribution in [0.2, 0.25) is 0 Å². The Hall–Kier alpha value is -2.43. The van der Waals surface area contributed by atoms with Gasteiger partial charge in [-0.2, -0.15) is 0 Å². The van der Waals surface area contributed by atoms with Crippen LogP contribution in [0.3, 0.4) is 0 Å². The normalized spacial score (nSPS) is 13.7. The number of benzene rings is 2. The van der Waals surface area contributed by atoms with Crippen LogP contribution in [0.4, 0.5) is 14.5 Å². The zero-order valence-electron chi connectivity index (χ0n) is 10.6. The molecule has 0 aromatic heterocycles. The van der Waals surface area contributed by atoms with Gasteiger partial charge < -0.3 is 10.6 Å². The van der Waals surface area contributed by atoms with Crippen LogP contribution in [0, 0.1) is 11.6 Å². The molecule has 2 aromatic rings. The van der Waals surface area contributed by atoms with Crippen molar-refractivity contribution in [2.24, 2.45) is 0 Å². The van der Waals surface area contributed by atoms with Gasteiger partial charge in [-0.3, -0.25) is 4.79 Å². The fourth-order valence-corrected chi connectivity index (χ4v) is 2.38. The third-order valence-electron chi connectivity index (χ3n) is 3.38. The minimum atomic E-state index is -0.519. The van der Waals surface area contributed by atoms with E-state index < -0.39 is 11.6 Å². The smallest absolute Gasteiger partial charge is 0.254 e. The van der Waals surface area contributed by atoms with Crippen molar-refractivity contribution in [3.05, 3.63) is 64.7 Å². The van der Waals surface area contributed by atoms with Crippen molar-refractivity contribution in [3.63, 3.8) is 0 Å². The number of rotatable bonds is 2. The van der Waals surface area contributed by atoms with Crippen molar-refractivity contribution in [3.8, 4) is 0 Å². The fraction of sp³-hybridized carbons (Fsp3) is 0.133. The van der Waals surface area contributed by atoms with Gasteiger partial charge in [0.25, 0.3) is 5.91 Å². The van der Waals surface area contributed by atoms with Crippen molar-refractivity contribution in [2.45, 2.75) is 13.1 Å². The monoisotopic (exact) mass is 274 g/mol. The standard InChI is InChI=1S/C15H12F2N2O/c16-11-2-4-14(17)10(5-11)8-19-7-9-1-3-12(18)6-13(9)15(19)20/h1-6H,7-8,18H2.